The van der Waals surface area contributed by atoms with E-state index >= 15 is 0 Å². The molecular weight excluding hydrogens is 364 g/mol. The number of fused-ring (bicyclic) bond motifs is 1. The van der Waals surface area contributed by atoms with Crippen LogP contribution in [0.15, 0.2) is 12.1 Å². The smallest absolute Gasteiger partial charge is 0.361 e. The number of benzene rings is 1. The molecule has 0 N–H and O–H groups in total. The van der Waals surface area contributed by atoms with Crippen LogP contribution in [-0.4, -0.2) is 55.1 Å². The van der Waals surface area contributed by atoms with E-state index in [2.05, 4.69) is 20.6 Å². The molecule has 0 aliphatic heterocycles. The first-order valence-corrected chi connectivity index (χ1v) is 9.04. The fraction of sp³-hybridized carbons (Fsp3) is 0.444. The zero-order valence-electron chi connectivity index (χ0n) is 16.3. The Kier molecular flexibility index (Phi) is 5.67. The number of hydrogen-bond acceptors (Lipinski definition) is 8. The van der Waals surface area contributed by atoms with E-state index in [4.69, 9.17) is 9.47 Å². The van der Waals surface area contributed by atoms with E-state index in [0.29, 0.717) is 6.54 Å². The monoisotopic (exact) mass is 386 g/mol. The van der Waals surface area contributed by atoms with Crippen molar-refractivity contribution in [1.82, 2.24) is 30.0 Å². The molecule has 0 atom stereocenters. The van der Waals surface area contributed by atoms with Gasteiger partial charge in [0.1, 0.15) is 5.52 Å². The summed E-state index contributed by atoms with van der Waals surface area (Å²) < 4.78 is 13.1. The van der Waals surface area contributed by atoms with Gasteiger partial charge in [-0.15, -0.1) is 10.2 Å². The Balaban J connectivity index is 1.89. The number of rotatable bonds is 7. The fourth-order valence-corrected chi connectivity index (χ4v) is 2.79. The first-order valence-electron chi connectivity index (χ1n) is 9.04. The van der Waals surface area contributed by atoms with E-state index in [-0.39, 0.29) is 31.1 Å². The van der Waals surface area contributed by atoms with E-state index in [1.165, 1.54) is 4.68 Å². The summed E-state index contributed by atoms with van der Waals surface area (Å²) in [4.78, 5) is 24.4. The molecule has 0 saturated carbocycles. The standard InChI is InChI=1S/C18H22N6O4/c1-5-27-17(25)15-16(18(26)28-6-2)24(22-20-15)8-7-23-14-10-12(4)11(3)9-13(14)19-21-23/h9-10H,5-8H2,1-4H3. The molecule has 0 fully saturated rings. The maximum atomic E-state index is 12.3. The SMILES string of the molecule is CCOC(=O)c1nnn(CCn2nnc3cc(C)c(C)cc32)c1C(=O)OCC. The number of ether oxygens (including phenoxy) is 2. The van der Waals surface area contributed by atoms with Crippen molar-refractivity contribution in [2.75, 3.05) is 13.2 Å². The van der Waals surface area contributed by atoms with Crippen molar-refractivity contribution in [1.29, 1.82) is 0 Å². The highest BCUT2D eigenvalue weighted by Gasteiger charge is 2.27. The zero-order valence-corrected chi connectivity index (χ0v) is 16.3. The highest BCUT2D eigenvalue weighted by Crippen LogP contribution is 2.17. The van der Waals surface area contributed by atoms with Crippen LogP contribution < -0.4 is 0 Å². The van der Waals surface area contributed by atoms with Gasteiger partial charge < -0.3 is 9.47 Å². The van der Waals surface area contributed by atoms with Crippen molar-refractivity contribution in [2.45, 2.75) is 40.8 Å². The quantitative estimate of drug-likeness (QED) is 0.564. The molecule has 0 amide bonds. The minimum atomic E-state index is -0.714. The van der Waals surface area contributed by atoms with Gasteiger partial charge in [-0.3, -0.25) is 0 Å². The molecule has 148 valence electrons. The van der Waals surface area contributed by atoms with Gasteiger partial charge in [-0.1, -0.05) is 10.4 Å². The second-order valence-electron chi connectivity index (χ2n) is 6.19. The number of esters is 2. The van der Waals surface area contributed by atoms with Gasteiger partial charge in [-0.2, -0.15) is 0 Å². The molecule has 0 spiro atoms. The average molecular weight is 386 g/mol. The lowest BCUT2D eigenvalue weighted by molar-refractivity contribution is 0.0466. The van der Waals surface area contributed by atoms with Gasteiger partial charge in [0.2, 0.25) is 5.69 Å². The third kappa shape index (κ3) is 3.71. The minimum absolute atomic E-state index is 0.0308. The lowest BCUT2D eigenvalue weighted by atomic mass is 10.1. The lowest BCUT2D eigenvalue weighted by Crippen LogP contribution is -2.20. The minimum Gasteiger partial charge on any atom is -0.461 e. The van der Waals surface area contributed by atoms with E-state index in [9.17, 15) is 9.59 Å². The van der Waals surface area contributed by atoms with Gasteiger partial charge in [0, 0.05) is 0 Å². The molecule has 0 saturated heterocycles. The number of aromatic nitrogens is 6. The van der Waals surface area contributed by atoms with E-state index in [1.807, 2.05) is 26.0 Å². The summed E-state index contributed by atoms with van der Waals surface area (Å²) in [7, 11) is 0. The fourth-order valence-electron chi connectivity index (χ4n) is 2.79. The molecule has 28 heavy (non-hydrogen) atoms. The molecule has 0 aliphatic carbocycles. The van der Waals surface area contributed by atoms with Crippen LogP contribution in [0.5, 0.6) is 0 Å². The van der Waals surface area contributed by atoms with Crippen molar-refractivity contribution >= 4 is 23.0 Å². The van der Waals surface area contributed by atoms with Crippen molar-refractivity contribution in [3.05, 3.63) is 34.6 Å². The van der Waals surface area contributed by atoms with Gasteiger partial charge in [0.15, 0.2) is 5.69 Å². The normalized spacial score (nSPS) is 11.0. The second kappa shape index (κ2) is 8.15. The second-order valence-corrected chi connectivity index (χ2v) is 6.19. The first-order chi connectivity index (χ1) is 13.5. The van der Waals surface area contributed by atoms with Gasteiger partial charge >= 0.3 is 11.9 Å². The zero-order chi connectivity index (χ0) is 20.3. The van der Waals surface area contributed by atoms with Gasteiger partial charge in [0.25, 0.3) is 0 Å². The average Bonchev–Trinajstić information content (AvgIpc) is 3.25. The molecule has 0 radical (unpaired) electrons. The van der Waals surface area contributed by atoms with E-state index in [1.54, 1.807) is 18.5 Å². The van der Waals surface area contributed by atoms with Crippen LogP contribution in [0.1, 0.15) is 46.0 Å². The van der Waals surface area contributed by atoms with Gasteiger partial charge in [0.05, 0.1) is 31.8 Å². The molecule has 0 unspecified atom stereocenters. The Morgan fingerprint density at radius 2 is 1.50 bits per heavy atom. The summed E-state index contributed by atoms with van der Waals surface area (Å²) in [6.07, 6.45) is 0. The van der Waals surface area contributed by atoms with Crippen LogP contribution in [0.4, 0.5) is 0 Å². The third-order valence-corrected chi connectivity index (χ3v) is 4.33. The van der Waals surface area contributed by atoms with Crippen LogP contribution in [-0.2, 0) is 22.6 Å². The summed E-state index contributed by atoms with van der Waals surface area (Å²) >= 11 is 0. The molecule has 3 rings (SSSR count). The number of hydrogen-bond donors (Lipinski definition) is 0. The predicted molar refractivity (Wildman–Crippen MR) is 98.9 cm³/mol. The Hall–Kier alpha value is -3.30. The van der Waals surface area contributed by atoms with E-state index in [0.717, 1.165) is 22.2 Å². The van der Waals surface area contributed by atoms with Crippen LogP contribution in [0.3, 0.4) is 0 Å². The highest BCUT2D eigenvalue weighted by atomic mass is 16.5. The number of carbonyl (C=O) groups excluding carboxylic acids is 2. The highest BCUT2D eigenvalue weighted by molar-refractivity contribution is 6.00. The van der Waals surface area contributed by atoms with Crippen LogP contribution in [0.2, 0.25) is 0 Å². The van der Waals surface area contributed by atoms with Crippen LogP contribution >= 0.6 is 0 Å². The topological polar surface area (TPSA) is 114 Å². The largest absolute Gasteiger partial charge is 0.461 e. The Bertz CT molecular complexity index is 1020. The van der Waals surface area contributed by atoms with Crippen molar-refractivity contribution in [3.8, 4) is 0 Å². The van der Waals surface area contributed by atoms with Crippen LogP contribution in [0, 0.1) is 13.8 Å². The Labute approximate surface area is 161 Å². The Morgan fingerprint density at radius 1 is 0.893 bits per heavy atom. The summed E-state index contributed by atoms with van der Waals surface area (Å²) in [5.41, 5.74) is 3.76. The summed E-state index contributed by atoms with van der Waals surface area (Å²) in [5.74, 6) is -1.39. The van der Waals surface area contributed by atoms with Crippen molar-refractivity contribution in [2.24, 2.45) is 0 Å². The molecule has 2 aromatic heterocycles. The van der Waals surface area contributed by atoms with Crippen molar-refractivity contribution < 1.29 is 19.1 Å². The molecule has 10 nitrogen and oxygen atoms in total. The molecule has 10 heteroatoms. The summed E-state index contributed by atoms with van der Waals surface area (Å²) in [6, 6.07) is 3.99. The first kappa shape index (κ1) is 19.5. The van der Waals surface area contributed by atoms with Gasteiger partial charge in [-0.05, 0) is 51.0 Å². The number of aryl methyl sites for hydroxylation is 4. The van der Waals surface area contributed by atoms with E-state index < -0.39 is 11.9 Å². The lowest BCUT2D eigenvalue weighted by Gasteiger charge is -2.08. The maximum absolute atomic E-state index is 12.3. The predicted octanol–water partition coefficient (Wildman–Crippen LogP) is 1.69. The van der Waals surface area contributed by atoms with Crippen LogP contribution in [0.25, 0.3) is 11.0 Å². The van der Waals surface area contributed by atoms with Crippen molar-refractivity contribution in [3.63, 3.8) is 0 Å². The number of carbonyl (C=O) groups is 2. The molecular formula is C18H22N6O4. The molecule has 0 bridgehead atoms. The molecule has 1 aromatic carbocycles. The third-order valence-electron chi connectivity index (χ3n) is 4.33. The molecule has 3 aromatic rings. The summed E-state index contributed by atoms with van der Waals surface area (Å²) in [5, 5.41) is 16.1. The maximum Gasteiger partial charge on any atom is 0.361 e. The van der Waals surface area contributed by atoms with Gasteiger partial charge in [-0.25, -0.2) is 19.0 Å². The Morgan fingerprint density at radius 3 is 2.21 bits per heavy atom. The number of nitrogens with zero attached hydrogens (tertiary/aromatic N) is 6. The summed E-state index contributed by atoms with van der Waals surface area (Å²) in [6.45, 7) is 8.37. The molecule has 0 aliphatic rings. The molecule has 2 heterocycles.